The quantitative estimate of drug-likeness (QED) is 0.873. The average Bonchev–Trinajstić information content (AvgIpc) is 3.30. The van der Waals surface area contributed by atoms with Crippen molar-refractivity contribution in [2.24, 2.45) is 0 Å². The fraction of sp³-hybridized carbons (Fsp3) is 0.778. The summed E-state index contributed by atoms with van der Waals surface area (Å²) >= 11 is 0. The summed E-state index contributed by atoms with van der Waals surface area (Å²) in [4.78, 5) is 19.7. The zero-order chi connectivity index (χ0) is 17.1. The second kappa shape index (κ2) is 7.85. The largest absolute Gasteiger partial charge is 0.375 e. The second-order valence-electron chi connectivity index (χ2n) is 7.40. The molecule has 25 heavy (non-hydrogen) atoms. The highest BCUT2D eigenvalue weighted by atomic mass is 16.5. The Bertz CT molecular complexity index is 558. The van der Waals surface area contributed by atoms with Crippen molar-refractivity contribution in [3.8, 4) is 0 Å². The first-order valence-corrected chi connectivity index (χ1v) is 9.68. The fourth-order valence-electron chi connectivity index (χ4n) is 4.46. The van der Waals surface area contributed by atoms with Gasteiger partial charge in [-0.2, -0.15) is 5.10 Å². The van der Waals surface area contributed by atoms with Gasteiger partial charge < -0.3 is 14.5 Å². The van der Waals surface area contributed by atoms with E-state index in [2.05, 4.69) is 20.0 Å². The van der Waals surface area contributed by atoms with E-state index in [1.54, 1.807) is 12.3 Å². The minimum atomic E-state index is 0.0553. The number of nitrogens with one attached hydrogen (secondary N) is 1. The van der Waals surface area contributed by atoms with Crippen LogP contribution in [0.1, 0.15) is 36.2 Å². The molecule has 3 aliphatic heterocycles. The van der Waals surface area contributed by atoms with Crippen LogP contribution in [0.4, 0.5) is 0 Å². The lowest BCUT2D eigenvalue weighted by atomic mass is 10.0. The maximum atomic E-state index is 12.6. The molecule has 0 aromatic carbocycles. The van der Waals surface area contributed by atoms with Crippen molar-refractivity contribution in [1.29, 1.82) is 0 Å². The predicted molar refractivity (Wildman–Crippen MR) is 94.5 cm³/mol. The van der Waals surface area contributed by atoms with Gasteiger partial charge in [-0.25, -0.2) is 0 Å². The smallest absolute Gasteiger partial charge is 0.271 e. The maximum Gasteiger partial charge on any atom is 0.271 e. The first-order chi connectivity index (χ1) is 12.3. The lowest BCUT2D eigenvalue weighted by Gasteiger charge is -2.41. The highest BCUT2D eigenvalue weighted by Gasteiger charge is 2.36. The summed E-state index contributed by atoms with van der Waals surface area (Å²) in [6.45, 7) is 8.19. The van der Waals surface area contributed by atoms with E-state index < -0.39 is 0 Å². The van der Waals surface area contributed by atoms with E-state index in [1.165, 1.54) is 32.5 Å². The Hall–Kier alpha value is -1.44. The Morgan fingerprint density at radius 3 is 2.80 bits per heavy atom. The van der Waals surface area contributed by atoms with Crippen LogP contribution in [0, 0.1) is 0 Å². The van der Waals surface area contributed by atoms with Gasteiger partial charge in [-0.1, -0.05) is 0 Å². The molecule has 1 aromatic heterocycles. The molecule has 138 valence electrons. The van der Waals surface area contributed by atoms with Crippen molar-refractivity contribution in [3.63, 3.8) is 0 Å². The number of aromatic amines is 1. The number of likely N-dealkylation sites (tertiary alicyclic amines) is 2. The molecule has 2 atom stereocenters. The number of H-pyrrole nitrogens is 1. The molecule has 4 heterocycles. The number of aromatic nitrogens is 2. The summed E-state index contributed by atoms with van der Waals surface area (Å²) in [5, 5.41) is 6.69. The molecule has 0 spiro atoms. The van der Waals surface area contributed by atoms with Gasteiger partial charge in [0, 0.05) is 45.0 Å². The van der Waals surface area contributed by atoms with Crippen LogP contribution in [0.2, 0.25) is 0 Å². The van der Waals surface area contributed by atoms with Gasteiger partial charge >= 0.3 is 0 Å². The summed E-state index contributed by atoms with van der Waals surface area (Å²) in [6, 6.07) is 2.19. The van der Waals surface area contributed by atoms with E-state index in [4.69, 9.17) is 4.74 Å². The molecule has 3 aliphatic rings. The Kier molecular flexibility index (Phi) is 5.33. The maximum absolute atomic E-state index is 12.6. The highest BCUT2D eigenvalue weighted by molar-refractivity contribution is 5.92. The number of ether oxygens (including phenoxy) is 1. The van der Waals surface area contributed by atoms with E-state index in [0.29, 0.717) is 11.7 Å². The standard InChI is InChI=1S/C18H29N5O2/c24-18(15-3-6-19-20-15)23-9-4-16-17(5-10-23)25-14-13-22(16)12-11-21-7-1-2-8-21/h3,6,16-17H,1-2,4-5,7-14H2,(H,19,20)/t16-,17+/m0/s1. The van der Waals surface area contributed by atoms with Crippen LogP contribution < -0.4 is 0 Å². The summed E-state index contributed by atoms with van der Waals surface area (Å²) < 4.78 is 6.07. The number of fused-ring (bicyclic) bond motifs is 1. The number of rotatable bonds is 4. The molecule has 4 rings (SSSR count). The zero-order valence-electron chi connectivity index (χ0n) is 14.9. The van der Waals surface area contributed by atoms with E-state index in [-0.39, 0.29) is 12.0 Å². The van der Waals surface area contributed by atoms with Gasteiger partial charge in [0.2, 0.25) is 0 Å². The topological polar surface area (TPSA) is 64.7 Å². The number of hydrogen-bond donors (Lipinski definition) is 1. The third-order valence-electron chi connectivity index (χ3n) is 5.91. The van der Waals surface area contributed by atoms with Gasteiger partial charge in [0.1, 0.15) is 5.69 Å². The van der Waals surface area contributed by atoms with Crippen molar-refractivity contribution < 1.29 is 9.53 Å². The van der Waals surface area contributed by atoms with Gasteiger partial charge in [0.05, 0.1) is 12.7 Å². The van der Waals surface area contributed by atoms with Crippen molar-refractivity contribution >= 4 is 5.91 Å². The van der Waals surface area contributed by atoms with Gasteiger partial charge in [0.25, 0.3) is 5.91 Å². The van der Waals surface area contributed by atoms with Gasteiger partial charge in [-0.3, -0.25) is 14.8 Å². The highest BCUT2D eigenvalue weighted by Crippen LogP contribution is 2.24. The van der Waals surface area contributed by atoms with Crippen LogP contribution in [0.5, 0.6) is 0 Å². The van der Waals surface area contributed by atoms with Crippen LogP contribution in [-0.4, -0.2) is 95.4 Å². The molecular weight excluding hydrogens is 318 g/mol. The number of amides is 1. The number of carbonyl (C=O) groups excluding carboxylic acids is 1. The SMILES string of the molecule is O=C(c1ccn[nH]1)N1CC[C@H]2OCCN(CCN3CCCC3)[C@H]2CC1. The van der Waals surface area contributed by atoms with Crippen LogP contribution in [0.3, 0.4) is 0 Å². The molecule has 1 N–H and O–H groups in total. The first kappa shape index (κ1) is 17.0. The summed E-state index contributed by atoms with van der Waals surface area (Å²) in [6.07, 6.45) is 6.50. The van der Waals surface area contributed by atoms with Crippen molar-refractivity contribution in [1.82, 2.24) is 24.9 Å². The van der Waals surface area contributed by atoms with Gasteiger partial charge in [-0.15, -0.1) is 0 Å². The monoisotopic (exact) mass is 347 g/mol. The minimum Gasteiger partial charge on any atom is -0.375 e. The number of hydrogen-bond acceptors (Lipinski definition) is 5. The predicted octanol–water partition coefficient (Wildman–Crippen LogP) is 0.811. The van der Waals surface area contributed by atoms with Crippen LogP contribution in [0.15, 0.2) is 12.3 Å². The number of nitrogens with zero attached hydrogens (tertiary/aromatic N) is 4. The van der Waals surface area contributed by atoms with E-state index in [9.17, 15) is 4.79 Å². The molecular formula is C18H29N5O2. The number of morpholine rings is 1. The molecule has 3 saturated heterocycles. The lowest BCUT2D eigenvalue weighted by molar-refractivity contribution is -0.0727. The third kappa shape index (κ3) is 3.88. The Balaban J connectivity index is 1.36. The molecule has 7 nitrogen and oxygen atoms in total. The summed E-state index contributed by atoms with van der Waals surface area (Å²) in [5.74, 6) is 0.0553. The fourth-order valence-corrected chi connectivity index (χ4v) is 4.46. The average molecular weight is 347 g/mol. The molecule has 1 amide bonds. The zero-order valence-corrected chi connectivity index (χ0v) is 14.9. The first-order valence-electron chi connectivity index (χ1n) is 9.68. The number of carbonyl (C=O) groups is 1. The van der Waals surface area contributed by atoms with Crippen LogP contribution in [0.25, 0.3) is 0 Å². The second-order valence-corrected chi connectivity index (χ2v) is 7.40. The summed E-state index contributed by atoms with van der Waals surface area (Å²) in [5.41, 5.74) is 0.580. The third-order valence-corrected chi connectivity index (χ3v) is 5.91. The molecule has 7 heteroatoms. The van der Waals surface area contributed by atoms with E-state index in [0.717, 1.165) is 45.6 Å². The normalized spacial score (nSPS) is 28.7. The molecule has 0 aliphatic carbocycles. The Labute approximate surface area is 149 Å². The van der Waals surface area contributed by atoms with Crippen molar-refractivity contribution in [3.05, 3.63) is 18.0 Å². The Morgan fingerprint density at radius 2 is 2.00 bits per heavy atom. The minimum absolute atomic E-state index is 0.0553. The molecule has 0 unspecified atom stereocenters. The van der Waals surface area contributed by atoms with Crippen molar-refractivity contribution in [2.75, 3.05) is 52.4 Å². The van der Waals surface area contributed by atoms with Crippen LogP contribution in [-0.2, 0) is 4.74 Å². The molecule has 1 aromatic rings. The lowest BCUT2D eigenvalue weighted by Crippen LogP contribution is -2.53. The van der Waals surface area contributed by atoms with Gasteiger partial charge in [0.15, 0.2) is 0 Å². The molecule has 3 fully saturated rings. The molecule has 0 radical (unpaired) electrons. The summed E-state index contributed by atoms with van der Waals surface area (Å²) in [7, 11) is 0. The van der Waals surface area contributed by atoms with E-state index in [1.807, 2.05) is 4.90 Å². The molecule has 0 bridgehead atoms. The Morgan fingerprint density at radius 1 is 1.16 bits per heavy atom. The van der Waals surface area contributed by atoms with E-state index >= 15 is 0 Å². The van der Waals surface area contributed by atoms with Gasteiger partial charge in [-0.05, 0) is 44.8 Å². The van der Waals surface area contributed by atoms with Crippen LogP contribution >= 0.6 is 0 Å². The molecule has 0 saturated carbocycles. The van der Waals surface area contributed by atoms with Crippen molar-refractivity contribution in [2.45, 2.75) is 37.8 Å².